The van der Waals surface area contributed by atoms with Crippen molar-refractivity contribution in [2.45, 2.75) is 58.2 Å². The van der Waals surface area contributed by atoms with Crippen LogP contribution in [-0.4, -0.2) is 21.8 Å². The van der Waals surface area contributed by atoms with Gasteiger partial charge in [0.05, 0.1) is 11.9 Å². The van der Waals surface area contributed by atoms with Crippen LogP contribution in [0.4, 0.5) is 0 Å². The van der Waals surface area contributed by atoms with Crippen LogP contribution in [-0.2, 0) is 9.16 Å². The Morgan fingerprint density at radius 2 is 2.00 bits per heavy atom. The van der Waals surface area contributed by atoms with E-state index in [0.717, 1.165) is 12.8 Å². The average Bonchev–Trinajstić information content (AvgIpc) is 2.21. The normalized spacial score (nSPS) is 15.9. The summed E-state index contributed by atoms with van der Waals surface area (Å²) in [6, 6.07) is 0. The van der Waals surface area contributed by atoms with E-state index >= 15 is 0 Å². The second kappa shape index (κ2) is 7.94. The van der Waals surface area contributed by atoms with Gasteiger partial charge in [-0.2, -0.15) is 0 Å². The van der Waals surface area contributed by atoms with Gasteiger partial charge in [-0.25, -0.2) is 0 Å². The lowest BCUT2D eigenvalue weighted by atomic mass is 9.95. The molecule has 0 heterocycles. The topological polar surface area (TPSA) is 18.5 Å². The molecule has 0 aliphatic rings. The van der Waals surface area contributed by atoms with Gasteiger partial charge in [-0.3, -0.25) is 0 Å². The van der Waals surface area contributed by atoms with E-state index in [1.807, 2.05) is 6.26 Å². The molecule has 15 heavy (non-hydrogen) atoms. The molecular weight excluding hydrogens is 204 g/mol. The first-order valence-electron chi connectivity index (χ1n) is 5.89. The van der Waals surface area contributed by atoms with Crippen molar-refractivity contribution in [2.24, 2.45) is 0 Å². The zero-order valence-electron chi connectivity index (χ0n) is 10.9. The summed E-state index contributed by atoms with van der Waals surface area (Å²) in [5.41, 5.74) is -0.0194. The van der Waals surface area contributed by atoms with Crippen LogP contribution < -0.4 is 0 Å². The van der Waals surface area contributed by atoms with E-state index in [1.165, 1.54) is 12.8 Å². The molecule has 90 valence electrons. The third kappa shape index (κ3) is 7.62. The van der Waals surface area contributed by atoms with Crippen LogP contribution in [0.15, 0.2) is 12.3 Å². The third-order valence-electron chi connectivity index (χ3n) is 2.55. The van der Waals surface area contributed by atoms with Crippen LogP contribution >= 0.6 is 0 Å². The lowest BCUT2D eigenvalue weighted by Crippen LogP contribution is -2.26. The van der Waals surface area contributed by atoms with Gasteiger partial charge in [-0.1, -0.05) is 19.8 Å². The Bertz CT molecular complexity index is 180. The fourth-order valence-electron chi connectivity index (χ4n) is 1.35. The van der Waals surface area contributed by atoms with Crippen molar-refractivity contribution in [3.05, 3.63) is 12.3 Å². The second-order valence-corrected chi connectivity index (χ2v) is 6.89. The maximum Gasteiger partial charge on any atom is 0.228 e. The minimum absolute atomic E-state index is 0.0194. The summed E-state index contributed by atoms with van der Waals surface area (Å²) in [7, 11) is 0.878. The molecule has 0 N–H and O–H groups in total. The predicted octanol–water partition coefficient (Wildman–Crippen LogP) is 3.49. The molecule has 2 nitrogen and oxygen atoms in total. The molecule has 0 radical (unpaired) electrons. The number of ether oxygens (including phenoxy) is 1. The monoisotopic (exact) mass is 230 g/mol. The van der Waals surface area contributed by atoms with Crippen molar-refractivity contribution >= 4 is 9.04 Å². The molecule has 0 saturated heterocycles. The number of unbranched alkanes of at least 4 members (excludes halogenated alkanes) is 1. The summed E-state index contributed by atoms with van der Waals surface area (Å²) >= 11 is 0. The van der Waals surface area contributed by atoms with Crippen molar-refractivity contribution in [3.63, 3.8) is 0 Å². The molecule has 0 fully saturated rings. The van der Waals surface area contributed by atoms with E-state index < -0.39 is 9.04 Å². The number of rotatable bonds is 8. The highest BCUT2D eigenvalue weighted by atomic mass is 28.3. The summed E-state index contributed by atoms with van der Waals surface area (Å²) < 4.78 is 11.0. The number of hydrogen-bond acceptors (Lipinski definition) is 2. The molecule has 0 rings (SSSR count). The Kier molecular flexibility index (Phi) is 7.79. The highest BCUT2D eigenvalue weighted by molar-refractivity contribution is 6.48. The summed E-state index contributed by atoms with van der Waals surface area (Å²) in [5, 5.41) is 0. The minimum Gasteiger partial charge on any atom is -0.553 e. The first kappa shape index (κ1) is 14.7. The molecule has 0 saturated carbocycles. The maximum absolute atomic E-state index is 5.55. The molecule has 0 aliphatic heterocycles. The Labute approximate surface area is 96.4 Å². The Hall–Kier alpha value is -0.283. The van der Waals surface area contributed by atoms with E-state index in [1.54, 1.807) is 7.11 Å². The van der Waals surface area contributed by atoms with Crippen molar-refractivity contribution < 1.29 is 9.16 Å². The van der Waals surface area contributed by atoms with Gasteiger partial charge in [0.1, 0.15) is 0 Å². The van der Waals surface area contributed by atoms with Crippen LogP contribution in [0.2, 0.25) is 13.1 Å². The van der Waals surface area contributed by atoms with E-state index in [-0.39, 0.29) is 5.60 Å². The predicted molar refractivity (Wildman–Crippen MR) is 68.7 cm³/mol. The SMILES string of the molecule is CCCCC(C)(CC=CO[SiH](C)C)OC. The molecule has 0 bridgehead atoms. The second-order valence-electron chi connectivity index (χ2n) is 4.52. The average molecular weight is 230 g/mol. The first-order valence-corrected chi connectivity index (χ1v) is 8.68. The molecule has 0 spiro atoms. The molecule has 0 aromatic carbocycles. The quantitative estimate of drug-likeness (QED) is 0.469. The highest BCUT2D eigenvalue weighted by Gasteiger charge is 2.20. The van der Waals surface area contributed by atoms with Gasteiger partial charge >= 0.3 is 0 Å². The highest BCUT2D eigenvalue weighted by Crippen LogP contribution is 2.22. The molecule has 3 heteroatoms. The van der Waals surface area contributed by atoms with Gasteiger partial charge in [0.25, 0.3) is 0 Å². The molecule has 0 aliphatic carbocycles. The number of methoxy groups -OCH3 is 1. The van der Waals surface area contributed by atoms with Crippen LogP contribution in [0.25, 0.3) is 0 Å². The molecular formula is C12H26O2Si. The Morgan fingerprint density at radius 3 is 2.47 bits per heavy atom. The van der Waals surface area contributed by atoms with Crippen LogP contribution in [0.3, 0.4) is 0 Å². The standard InChI is InChI=1S/C12H26O2Si/c1-6-7-9-12(2,13-3)10-8-11-14-15(4)5/h8,11,15H,6-7,9-10H2,1-5H3. The van der Waals surface area contributed by atoms with Gasteiger partial charge in [0.2, 0.25) is 9.04 Å². The summed E-state index contributed by atoms with van der Waals surface area (Å²) in [6.45, 7) is 8.70. The fourth-order valence-corrected chi connectivity index (χ4v) is 1.77. The zero-order chi connectivity index (χ0) is 11.7. The Morgan fingerprint density at radius 1 is 1.33 bits per heavy atom. The van der Waals surface area contributed by atoms with Crippen LogP contribution in [0.1, 0.15) is 39.5 Å². The summed E-state index contributed by atoms with van der Waals surface area (Å²) in [6.07, 6.45) is 8.43. The lowest BCUT2D eigenvalue weighted by Gasteiger charge is -2.26. The molecule has 1 atom stereocenters. The van der Waals surface area contributed by atoms with E-state index in [0.29, 0.717) is 0 Å². The van der Waals surface area contributed by atoms with Gasteiger partial charge in [0, 0.05) is 7.11 Å². The molecule has 0 amide bonds. The van der Waals surface area contributed by atoms with Crippen molar-refractivity contribution in [1.29, 1.82) is 0 Å². The largest absolute Gasteiger partial charge is 0.553 e. The van der Waals surface area contributed by atoms with Crippen molar-refractivity contribution in [3.8, 4) is 0 Å². The van der Waals surface area contributed by atoms with Gasteiger partial charge in [-0.15, -0.1) is 0 Å². The molecule has 0 aromatic heterocycles. The van der Waals surface area contributed by atoms with Crippen LogP contribution in [0, 0.1) is 0 Å². The molecule has 0 aromatic rings. The van der Waals surface area contributed by atoms with Gasteiger partial charge < -0.3 is 9.16 Å². The van der Waals surface area contributed by atoms with Gasteiger partial charge in [-0.05, 0) is 38.9 Å². The van der Waals surface area contributed by atoms with Gasteiger partial charge in [0.15, 0.2) is 0 Å². The summed E-state index contributed by atoms with van der Waals surface area (Å²) in [4.78, 5) is 0. The smallest absolute Gasteiger partial charge is 0.228 e. The van der Waals surface area contributed by atoms with Crippen molar-refractivity contribution in [2.75, 3.05) is 7.11 Å². The number of hydrogen-bond donors (Lipinski definition) is 0. The Balaban J connectivity index is 3.91. The minimum atomic E-state index is -0.915. The molecule has 1 unspecified atom stereocenters. The maximum atomic E-state index is 5.55. The zero-order valence-corrected chi connectivity index (χ0v) is 12.0. The summed E-state index contributed by atoms with van der Waals surface area (Å²) in [5.74, 6) is 0. The lowest BCUT2D eigenvalue weighted by molar-refractivity contribution is -0.000465. The first-order chi connectivity index (χ1) is 7.04. The van der Waals surface area contributed by atoms with Crippen LogP contribution in [0.5, 0.6) is 0 Å². The third-order valence-corrected chi connectivity index (χ3v) is 3.25. The van der Waals surface area contributed by atoms with E-state index in [2.05, 4.69) is 33.0 Å². The van der Waals surface area contributed by atoms with E-state index in [9.17, 15) is 0 Å². The van der Waals surface area contributed by atoms with E-state index in [4.69, 9.17) is 9.16 Å². The fraction of sp³-hybridized carbons (Fsp3) is 0.833. The van der Waals surface area contributed by atoms with Crippen molar-refractivity contribution in [1.82, 2.24) is 0 Å².